The Hall–Kier alpha value is -2.34. The van der Waals surface area contributed by atoms with Crippen molar-refractivity contribution in [2.45, 2.75) is 6.61 Å². The number of aromatic hydroxyl groups is 1. The Labute approximate surface area is 201 Å². The number of benzene rings is 3. The highest BCUT2D eigenvalue weighted by molar-refractivity contribution is 14.1. The van der Waals surface area contributed by atoms with Gasteiger partial charge >= 0.3 is 0 Å². The molecule has 0 atom stereocenters. The minimum atomic E-state index is -0.515. The van der Waals surface area contributed by atoms with E-state index in [0.29, 0.717) is 12.4 Å². The first-order chi connectivity index (χ1) is 14.5. The van der Waals surface area contributed by atoms with Crippen molar-refractivity contribution < 1.29 is 19.4 Å². The van der Waals surface area contributed by atoms with Crippen LogP contribution in [0.1, 0.15) is 21.5 Å². The lowest BCUT2D eigenvalue weighted by Gasteiger charge is -2.11. The van der Waals surface area contributed by atoms with E-state index in [9.17, 15) is 9.90 Å². The van der Waals surface area contributed by atoms with Gasteiger partial charge in [0.1, 0.15) is 23.9 Å². The molecule has 3 aromatic carbocycles. The minimum Gasteiger partial charge on any atom is -0.507 e. The molecule has 0 saturated carbocycles. The van der Waals surface area contributed by atoms with Crippen molar-refractivity contribution in [3.8, 4) is 17.2 Å². The molecule has 0 radical (unpaired) electrons. The van der Waals surface area contributed by atoms with Crippen LogP contribution in [0.3, 0.4) is 0 Å². The number of hydrogen-bond acceptors (Lipinski definition) is 5. The van der Waals surface area contributed by atoms with Crippen LogP contribution in [0, 0.1) is 7.14 Å². The van der Waals surface area contributed by atoms with E-state index in [1.54, 1.807) is 12.3 Å². The van der Waals surface area contributed by atoms with E-state index in [4.69, 9.17) is 9.47 Å². The van der Waals surface area contributed by atoms with Crippen molar-refractivity contribution >= 4 is 57.3 Å². The molecule has 6 nitrogen and oxygen atoms in total. The number of phenols is 1. The van der Waals surface area contributed by atoms with Crippen LogP contribution in [0.2, 0.25) is 0 Å². The number of ether oxygens (including phenoxy) is 2. The Morgan fingerprint density at radius 3 is 2.43 bits per heavy atom. The number of nitrogens with zero attached hydrogens (tertiary/aromatic N) is 1. The highest BCUT2D eigenvalue weighted by Gasteiger charge is 2.12. The molecule has 0 bridgehead atoms. The fraction of sp³-hybridized carbons (Fsp3) is 0.0909. The van der Waals surface area contributed by atoms with E-state index in [2.05, 4.69) is 55.7 Å². The molecule has 8 heteroatoms. The number of nitrogens with one attached hydrogen (secondary N) is 1. The number of amides is 1. The highest BCUT2D eigenvalue weighted by atomic mass is 127. The summed E-state index contributed by atoms with van der Waals surface area (Å²) in [5, 5.41) is 13.9. The molecule has 154 valence electrons. The molecular weight excluding hydrogens is 610 g/mol. The first-order valence-corrected chi connectivity index (χ1v) is 11.0. The molecule has 0 aliphatic carbocycles. The quantitative estimate of drug-likeness (QED) is 0.221. The van der Waals surface area contributed by atoms with Gasteiger partial charge in [0.2, 0.25) is 0 Å². The summed E-state index contributed by atoms with van der Waals surface area (Å²) in [7, 11) is 1.49. The van der Waals surface area contributed by atoms with Crippen molar-refractivity contribution in [2.75, 3.05) is 7.11 Å². The van der Waals surface area contributed by atoms with Crippen LogP contribution in [-0.2, 0) is 6.61 Å². The van der Waals surface area contributed by atoms with Crippen molar-refractivity contribution in [1.82, 2.24) is 5.43 Å². The maximum Gasteiger partial charge on any atom is 0.275 e. The lowest BCUT2D eigenvalue weighted by atomic mass is 10.2. The standard InChI is InChI=1S/C22H18I2N2O4/c1-29-16-7-8-17(20(27)11-16)22(28)26-25-12-15-9-18(23)21(19(24)10-15)30-13-14-5-3-2-4-6-14/h2-12,27H,13H2,1H3,(H,26,28)/b25-12-. The zero-order chi connectivity index (χ0) is 21.5. The normalized spacial score (nSPS) is 10.8. The Balaban J connectivity index is 1.65. The van der Waals surface area contributed by atoms with Crippen LogP contribution in [0.4, 0.5) is 0 Å². The minimum absolute atomic E-state index is 0.113. The summed E-state index contributed by atoms with van der Waals surface area (Å²) in [6, 6.07) is 18.3. The molecule has 0 spiro atoms. The van der Waals surface area contributed by atoms with Crippen molar-refractivity contribution in [1.29, 1.82) is 0 Å². The van der Waals surface area contributed by atoms with Crippen LogP contribution in [0.25, 0.3) is 0 Å². The van der Waals surface area contributed by atoms with E-state index in [1.165, 1.54) is 19.2 Å². The second kappa shape index (κ2) is 10.6. The van der Waals surface area contributed by atoms with Crippen LogP contribution in [0.15, 0.2) is 65.8 Å². The molecule has 0 fully saturated rings. The van der Waals surface area contributed by atoms with Crippen LogP contribution >= 0.6 is 45.2 Å². The summed E-state index contributed by atoms with van der Waals surface area (Å²) in [5.41, 5.74) is 4.44. The molecule has 30 heavy (non-hydrogen) atoms. The number of carbonyl (C=O) groups excluding carboxylic acids is 1. The molecule has 0 unspecified atom stereocenters. The summed E-state index contributed by atoms with van der Waals surface area (Å²) in [6.07, 6.45) is 1.55. The summed E-state index contributed by atoms with van der Waals surface area (Å²) >= 11 is 4.43. The largest absolute Gasteiger partial charge is 0.507 e. The Bertz CT molecular complexity index is 1050. The van der Waals surface area contributed by atoms with Crippen molar-refractivity contribution in [3.05, 3.63) is 84.5 Å². The molecule has 3 aromatic rings. The van der Waals surface area contributed by atoms with Crippen LogP contribution < -0.4 is 14.9 Å². The molecule has 0 aliphatic rings. The Morgan fingerprint density at radius 2 is 1.80 bits per heavy atom. The molecule has 0 heterocycles. The first-order valence-electron chi connectivity index (χ1n) is 8.84. The number of methoxy groups -OCH3 is 1. The van der Waals surface area contributed by atoms with Gasteiger partial charge in [-0.05, 0) is 80.6 Å². The predicted molar refractivity (Wildman–Crippen MR) is 132 cm³/mol. The molecule has 0 aliphatic heterocycles. The van der Waals surface area contributed by atoms with Crippen molar-refractivity contribution in [3.63, 3.8) is 0 Å². The van der Waals surface area contributed by atoms with Gasteiger partial charge in [-0.3, -0.25) is 4.79 Å². The van der Waals surface area contributed by atoms with Gasteiger partial charge in [0.25, 0.3) is 5.91 Å². The molecule has 2 N–H and O–H groups in total. The zero-order valence-corrected chi connectivity index (χ0v) is 20.2. The highest BCUT2D eigenvalue weighted by Crippen LogP contribution is 2.29. The van der Waals surface area contributed by atoms with E-state index in [1.807, 2.05) is 42.5 Å². The van der Waals surface area contributed by atoms with E-state index in [0.717, 1.165) is 24.0 Å². The molecular formula is C22H18I2N2O4. The van der Waals surface area contributed by atoms with Gasteiger partial charge in [-0.25, -0.2) is 5.43 Å². The monoisotopic (exact) mass is 628 g/mol. The van der Waals surface area contributed by atoms with Gasteiger partial charge in [-0.1, -0.05) is 30.3 Å². The maximum absolute atomic E-state index is 12.2. The number of carbonyl (C=O) groups is 1. The number of rotatable bonds is 7. The maximum atomic E-state index is 12.2. The summed E-state index contributed by atoms with van der Waals surface area (Å²) in [6.45, 7) is 0.488. The van der Waals surface area contributed by atoms with E-state index >= 15 is 0 Å². The predicted octanol–water partition coefficient (Wildman–Crippen LogP) is 4.95. The number of halogens is 2. The summed E-state index contributed by atoms with van der Waals surface area (Å²) in [5.74, 6) is 0.584. The van der Waals surface area contributed by atoms with Gasteiger partial charge < -0.3 is 14.6 Å². The second-order valence-corrected chi connectivity index (χ2v) is 8.49. The molecule has 3 rings (SSSR count). The Morgan fingerprint density at radius 1 is 1.10 bits per heavy atom. The third-order valence-corrected chi connectivity index (χ3v) is 5.68. The lowest BCUT2D eigenvalue weighted by Crippen LogP contribution is -2.17. The lowest BCUT2D eigenvalue weighted by molar-refractivity contribution is 0.0952. The topological polar surface area (TPSA) is 80.2 Å². The van der Waals surface area contributed by atoms with Gasteiger partial charge in [0, 0.05) is 6.07 Å². The second-order valence-electron chi connectivity index (χ2n) is 6.17. The van der Waals surface area contributed by atoms with Crippen LogP contribution in [0.5, 0.6) is 17.2 Å². The smallest absolute Gasteiger partial charge is 0.275 e. The van der Waals surface area contributed by atoms with Gasteiger partial charge in [-0.2, -0.15) is 5.10 Å². The Kier molecular flexibility index (Phi) is 7.91. The third kappa shape index (κ3) is 5.85. The SMILES string of the molecule is COc1ccc(C(=O)N/N=C\c2cc(I)c(OCc3ccccc3)c(I)c2)c(O)c1. The number of hydrazone groups is 1. The summed E-state index contributed by atoms with van der Waals surface area (Å²) < 4.78 is 12.9. The zero-order valence-electron chi connectivity index (χ0n) is 15.9. The first kappa shape index (κ1) is 22.3. The van der Waals surface area contributed by atoms with E-state index in [-0.39, 0.29) is 11.3 Å². The van der Waals surface area contributed by atoms with Crippen LogP contribution in [-0.4, -0.2) is 24.3 Å². The number of hydrogen-bond donors (Lipinski definition) is 2. The molecule has 0 saturated heterocycles. The average Bonchev–Trinajstić information content (AvgIpc) is 2.73. The average molecular weight is 628 g/mol. The molecule has 0 aromatic heterocycles. The number of phenolic OH excluding ortho intramolecular Hbond substituents is 1. The van der Waals surface area contributed by atoms with E-state index < -0.39 is 5.91 Å². The molecule has 1 amide bonds. The van der Waals surface area contributed by atoms with Crippen molar-refractivity contribution in [2.24, 2.45) is 5.10 Å². The third-order valence-electron chi connectivity index (χ3n) is 4.08. The fourth-order valence-corrected chi connectivity index (χ4v) is 4.71. The van der Waals surface area contributed by atoms with Gasteiger partial charge in [-0.15, -0.1) is 0 Å². The van der Waals surface area contributed by atoms with Gasteiger partial charge in [0.05, 0.1) is 26.0 Å². The van der Waals surface area contributed by atoms with Gasteiger partial charge in [0.15, 0.2) is 0 Å². The summed E-state index contributed by atoms with van der Waals surface area (Å²) in [4.78, 5) is 12.2. The fourth-order valence-electron chi connectivity index (χ4n) is 2.58.